The average Bonchev–Trinajstić information content (AvgIpc) is 2.64. The molecule has 0 aromatic heterocycles. The molecule has 1 heteroatoms. The molecule has 2 fully saturated rings. The largest absolute Gasteiger partial charge is 0.375 e. The van der Waals surface area contributed by atoms with E-state index in [1.54, 1.807) is 0 Å². The van der Waals surface area contributed by atoms with Gasteiger partial charge in [-0.3, -0.25) is 0 Å². The van der Waals surface area contributed by atoms with Crippen molar-refractivity contribution in [2.45, 2.75) is 59.8 Å². The number of nitrogens with zero attached hydrogens (tertiary/aromatic N) is 1. The van der Waals surface area contributed by atoms with Crippen LogP contribution in [0.25, 0.3) is 0 Å². The summed E-state index contributed by atoms with van der Waals surface area (Å²) in [6.45, 7) is 15.1. The molecule has 2 aliphatic rings. The van der Waals surface area contributed by atoms with E-state index in [1.165, 1.54) is 50.9 Å². The van der Waals surface area contributed by atoms with Crippen LogP contribution in [0.2, 0.25) is 0 Å². The lowest BCUT2D eigenvalue weighted by Gasteiger charge is -2.40. The van der Waals surface area contributed by atoms with Crippen LogP contribution in [0.3, 0.4) is 0 Å². The summed E-state index contributed by atoms with van der Waals surface area (Å²) in [6.07, 6.45) is 7.25. The van der Waals surface area contributed by atoms with Crippen LogP contribution in [-0.2, 0) is 0 Å². The molecule has 1 saturated heterocycles. The molecule has 0 amide bonds. The third kappa shape index (κ3) is 3.02. The third-order valence-electron chi connectivity index (χ3n) is 4.31. The molecular weight excluding hydrogens is 194 g/mol. The minimum atomic E-state index is 0.728. The Morgan fingerprint density at radius 2 is 1.75 bits per heavy atom. The standard InChI is InChI=1S/C13H23N.C2H6/c1-11(2)14-8-6-13(7-9-14)5-4-12(3)10-13;1-2/h12H,1,4-10H2,2-3H3;1-2H3. The maximum absolute atomic E-state index is 4.03. The fourth-order valence-electron chi connectivity index (χ4n) is 3.31. The van der Waals surface area contributed by atoms with Gasteiger partial charge in [0.15, 0.2) is 0 Å². The molecule has 1 nitrogen and oxygen atoms in total. The number of allylic oxidation sites excluding steroid dienone is 1. The van der Waals surface area contributed by atoms with Gasteiger partial charge in [-0.05, 0) is 43.9 Å². The van der Waals surface area contributed by atoms with E-state index in [4.69, 9.17) is 0 Å². The van der Waals surface area contributed by atoms with Crippen molar-refractivity contribution in [2.75, 3.05) is 13.1 Å². The van der Waals surface area contributed by atoms with Gasteiger partial charge in [-0.15, -0.1) is 0 Å². The van der Waals surface area contributed by atoms with Gasteiger partial charge in [0.05, 0.1) is 0 Å². The Morgan fingerprint density at radius 3 is 2.12 bits per heavy atom. The molecule has 1 atom stereocenters. The van der Waals surface area contributed by atoms with Crippen molar-refractivity contribution < 1.29 is 0 Å². The summed E-state index contributed by atoms with van der Waals surface area (Å²) in [4.78, 5) is 2.45. The van der Waals surface area contributed by atoms with Crippen LogP contribution in [-0.4, -0.2) is 18.0 Å². The Labute approximate surface area is 102 Å². The highest BCUT2D eigenvalue weighted by Gasteiger charge is 2.39. The van der Waals surface area contributed by atoms with Crippen molar-refractivity contribution in [2.24, 2.45) is 11.3 Å². The van der Waals surface area contributed by atoms with E-state index in [2.05, 4.69) is 25.3 Å². The van der Waals surface area contributed by atoms with Crippen LogP contribution in [0.4, 0.5) is 0 Å². The molecule has 1 heterocycles. The van der Waals surface area contributed by atoms with Crippen molar-refractivity contribution in [1.29, 1.82) is 0 Å². The van der Waals surface area contributed by atoms with Gasteiger partial charge < -0.3 is 4.90 Å². The molecule has 0 bridgehead atoms. The van der Waals surface area contributed by atoms with Crippen LogP contribution in [0.5, 0.6) is 0 Å². The maximum Gasteiger partial charge on any atom is 0.0180 e. The van der Waals surface area contributed by atoms with Gasteiger partial charge in [-0.1, -0.05) is 33.8 Å². The number of hydrogen-bond donors (Lipinski definition) is 0. The van der Waals surface area contributed by atoms with Crippen molar-refractivity contribution in [3.8, 4) is 0 Å². The zero-order valence-electron chi connectivity index (χ0n) is 11.7. The first kappa shape index (κ1) is 13.6. The Balaban J connectivity index is 0.000000606. The van der Waals surface area contributed by atoms with E-state index in [0.717, 1.165) is 11.3 Å². The number of likely N-dealkylation sites (tertiary alicyclic amines) is 1. The minimum absolute atomic E-state index is 0.728. The number of rotatable bonds is 1. The average molecular weight is 223 g/mol. The predicted molar refractivity (Wildman–Crippen MR) is 72.4 cm³/mol. The second-order valence-corrected chi connectivity index (χ2v) is 5.57. The molecule has 0 radical (unpaired) electrons. The van der Waals surface area contributed by atoms with Crippen LogP contribution in [0, 0.1) is 11.3 Å². The minimum Gasteiger partial charge on any atom is -0.375 e. The topological polar surface area (TPSA) is 3.24 Å². The Bertz CT molecular complexity index is 224. The Hall–Kier alpha value is -0.460. The fourth-order valence-corrected chi connectivity index (χ4v) is 3.31. The highest BCUT2D eigenvalue weighted by molar-refractivity contribution is 4.97. The summed E-state index contributed by atoms with van der Waals surface area (Å²) in [5.74, 6) is 0.978. The third-order valence-corrected chi connectivity index (χ3v) is 4.31. The van der Waals surface area contributed by atoms with Crippen LogP contribution in [0.15, 0.2) is 12.3 Å². The highest BCUT2D eigenvalue weighted by Crippen LogP contribution is 2.48. The molecule has 2 rings (SSSR count). The zero-order valence-corrected chi connectivity index (χ0v) is 11.7. The van der Waals surface area contributed by atoms with Gasteiger partial charge >= 0.3 is 0 Å². The van der Waals surface area contributed by atoms with Gasteiger partial charge in [0, 0.05) is 18.8 Å². The summed E-state index contributed by atoms with van der Waals surface area (Å²) in [5, 5.41) is 0. The first-order chi connectivity index (χ1) is 7.61. The zero-order chi connectivity index (χ0) is 12.2. The summed E-state index contributed by atoms with van der Waals surface area (Å²) in [7, 11) is 0. The second-order valence-electron chi connectivity index (χ2n) is 5.57. The maximum atomic E-state index is 4.03. The molecule has 0 N–H and O–H groups in total. The molecule has 0 aromatic carbocycles. The van der Waals surface area contributed by atoms with Gasteiger partial charge in [-0.25, -0.2) is 0 Å². The van der Waals surface area contributed by atoms with E-state index in [0.29, 0.717) is 0 Å². The molecule has 94 valence electrons. The van der Waals surface area contributed by atoms with E-state index in [9.17, 15) is 0 Å². The van der Waals surface area contributed by atoms with Gasteiger partial charge in [-0.2, -0.15) is 0 Å². The molecule has 16 heavy (non-hydrogen) atoms. The lowest BCUT2D eigenvalue weighted by molar-refractivity contribution is 0.129. The van der Waals surface area contributed by atoms with Gasteiger partial charge in [0.1, 0.15) is 0 Å². The molecule has 1 saturated carbocycles. The molecule has 1 aliphatic heterocycles. The molecule has 1 spiro atoms. The van der Waals surface area contributed by atoms with Crippen molar-refractivity contribution >= 4 is 0 Å². The summed E-state index contributed by atoms with van der Waals surface area (Å²) >= 11 is 0. The monoisotopic (exact) mass is 223 g/mol. The van der Waals surface area contributed by atoms with Crippen LogP contribution >= 0.6 is 0 Å². The summed E-state index contributed by atoms with van der Waals surface area (Å²) < 4.78 is 0. The SMILES string of the molecule is C=C(C)N1CCC2(CCC(C)C2)CC1.CC. The van der Waals surface area contributed by atoms with E-state index >= 15 is 0 Å². The smallest absolute Gasteiger partial charge is 0.0180 e. The number of piperidine rings is 1. The lowest BCUT2D eigenvalue weighted by Crippen LogP contribution is -2.37. The lowest BCUT2D eigenvalue weighted by atomic mass is 9.76. The van der Waals surface area contributed by atoms with Crippen LogP contribution < -0.4 is 0 Å². The molecular formula is C15H29N. The molecule has 1 unspecified atom stereocenters. The van der Waals surface area contributed by atoms with Crippen LogP contribution in [0.1, 0.15) is 59.8 Å². The van der Waals surface area contributed by atoms with Gasteiger partial charge in [0.2, 0.25) is 0 Å². The predicted octanol–water partition coefficient (Wildman–Crippen LogP) is 4.45. The van der Waals surface area contributed by atoms with Crippen molar-refractivity contribution in [3.63, 3.8) is 0 Å². The second kappa shape index (κ2) is 5.75. The van der Waals surface area contributed by atoms with Crippen molar-refractivity contribution in [3.05, 3.63) is 12.3 Å². The first-order valence-electron chi connectivity index (χ1n) is 7.02. The van der Waals surface area contributed by atoms with E-state index in [-0.39, 0.29) is 0 Å². The summed E-state index contributed by atoms with van der Waals surface area (Å²) in [6, 6.07) is 0. The Morgan fingerprint density at radius 1 is 1.19 bits per heavy atom. The van der Waals surface area contributed by atoms with Gasteiger partial charge in [0.25, 0.3) is 0 Å². The fraction of sp³-hybridized carbons (Fsp3) is 0.867. The Kier molecular flexibility index (Phi) is 4.89. The first-order valence-corrected chi connectivity index (χ1v) is 7.02. The normalized spacial score (nSPS) is 27.5. The quantitative estimate of drug-likeness (QED) is 0.635. The molecule has 0 aromatic rings. The van der Waals surface area contributed by atoms with E-state index in [1.807, 2.05) is 13.8 Å². The highest BCUT2D eigenvalue weighted by atomic mass is 15.1. The summed E-state index contributed by atoms with van der Waals surface area (Å²) in [5.41, 5.74) is 1.98. The number of hydrogen-bond acceptors (Lipinski definition) is 1. The van der Waals surface area contributed by atoms with Crippen molar-refractivity contribution in [1.82, 2.24) is 4.90 Å². The van der Waals surface area contributed by atoms with E-state index < -0.39 is 0 Å². The molecule has 1 aliphatic carbocycles.